The van der Waals surface area contributed by atoms with Gasteiger partial charge in [0.05, 0.1) is 10.1 Å². The molecule has 1 aliphatic carbocycles. The van der Waals surface area contributed by atoms with Crippen LogP contribution < -0.4 is 5.73 Å². The smallest absolute Gasteiger partial charge is 0.137 e. The summed E-state index contributed by atoms with van der Waals surface area (Å²) in [4.78, 5) is 0. The average molecular weight is 328 g/mol. The van der Waals surface area contributed by atoms with E-state index >= 15 is 0 Å². The summed E-state index contributed by atoms with van der Waals surface area (Å²) in [5.74, 6) is 0.144. The van der Waals surface area contributed by atoms with Crippen molar-refractivity contribution in [3.05, 3.63) is 34.1 Å². The lowest BCUT2D eigenvalue weighted by atomic mass is 9.70. The van der Waals surface area contributed by atoms with Crippen molar-refractivity contribution in [1.82, 2.24) is 0 Å². The molecule has 2 N–H and O–H groups in total. The lowest BCUT2D eigenvalue weighted by Crippen LogP contribution is -2.47. The molecule has 104 valence electrons. The molecular weight excluding hydrogens is 309 g/mol. The second kappa shape index (κ2) is 5.15. The molecule has 2 nitrogen and oxygen atoms in total. The van der Waals surface area contributed by atoms with Crippen LogP contribution in [-0.2, 0) is 4.74 Å². The zero-order chi connectivity index (χ0) is 13.5. The zero-order valence-electron chi connectivity index (χ0n) is 10.9. The Morgan fingerprint density at radius 1 is 1.42 bits per heavy atom. The quantitative estimate of drug-likeness (QED) is 0.892. The molecule has 1 heterocycles. The van der Waals surface area contributed by atoms with E-state index in [0.29, 0.717) is 10.4 Å². The van der Waals surface area contributed by atoms with E-state index in [-0.39, 0.29) is 17.5 Å². The Hall–Kier alpha value is -0.450. The average Bonchev–Trinajstić information content (AvgIpc) is 2.39. The summed E-state index contributed by atoms with van der Waals surface area (Å²) < 4.78 is 20.1. The highest BCUT2D eigenvalue weighted by atomic mass is 79.9. The summed E-state index contributed by atoms with van der Waals surface area (Å²) in [6, 6.07) is 4.98. The second-order valence-corrected chi connectivity index (χ2v) is 6.60. The van der Waals surface area contributed by atoms with Gasteiger partial charge in [0.2, 0.25) is 0 Å². The number of hydrogen-bond acceptors (Lipinski definition) is 2. The van der Waals surface area contributed by atoms with Gasteiger partial charge in [0.15, 0.2) is 0 Å². The molecule has 1 saturated heterocycles. The molecule has 1 spiro atoms. The standard InChI is InChI=1S/C15H19BrFNO/c16-13-11(3-1-4-12(13)17)14(18)10-5-8-19-15(9-10)6-2-7-15/h1,3-4,10,14H,2,5-9,18H2. The van der Waals surface area contributed by atoms with Crippen LogP contribution in [0.15, 0.2) is 22.7 Å². The molecular formula is C15H19BrFNO. The fourth-order valence-electron chi connectivity index (χ4n) is 3.32. The van der Waals surface area contributed by atoms with Crippen LogP contribution in [-0.4, -0.2) is 12.2 Å². The Bertz CT molecular complexity index is 475. The Morgan fingerprint density at radius 2 is 2.21 bits per heavy atom. The number of halogens is 2. The molecule has 3 rings (SSSR count). The summed E-state index contributed by atoms with van der Waals surface area (Å²) in [5.41, 5.74) is 7.35. The largest absolute Gasteiger partial charge is 0.375 e. The third kappa shape index (κ3) is 2.46. The van der Waals surface area contributed by atoms with E-state index in [2.05, 4.69) is 15.9 Å². The van der Waals surface area contributed by atoms with Crippen molar-refractivity contribution in [2.45, 2.75) is 43.7 Å². The minimum Gasteiger partial charge on any atom is -0.375 e. The summed E-state index contributed by atoms with van der Waals surface area (Å²) in [6.07, 6.45) is 5.54. The number of rotatable bonds is 2. The first kappa shape index (κ1) is 13.5. The molecule has 2 unspecified atom stereocenters. The molecule has 1 aromatic rings. The van der Waals surface area contributed by atoms with Crippen molar-refractivity contribution in [3.63, 3.8) is 0 Å². The van der Waals surface area contributed by atoms with Crippen LogP contribution in [0.1, 0.15) is 43.7 Å². The van der Waals surface area contributed by atoms with E-state index in [9.17, 15) is 4.39 Å². The van der Waals surface area contributed by atoms with Crippen LogP contribution in [0.2, 0.25) is 0 Å². The molecule has 2 atom stereocenters. The van der Waals surface area contributed by atoms with Crippen LogP contribution in [0.3, 0.4) is 0 Å². The zero-order valence-corrected chi connectivity index (χ0v) is 12.5. The van der Waals surface area contributed by atoms with E-state index in [0.717, 1.165) is 37.9 Å². The van der Waals surface area contributed by atoms with Crippen LogP contribution in [0, 0.1) is 11.7 Å². The maximum Gasteiger partial charge on any atom is 0.137 e. The summed E-state index contributed by atoms with van der Waals surface area (Å²) in [5, 5.41) is 0. The van der Waals surface area contributed by atoms with Gasteiger partial charge < -0.3 is 10.5 Å². The monoisotopic (exact) mass is 327 g/mol. The van der Waals surface area contributed by atoms with Crippen molar-refractivity contribution in [3.8, 4) is 0 Å². The highest BCUT2D eigenvalue weighted by Crippen LogP contribution is 2.47. The topological polar surface area (TPSA) is 35.2 Å². The van der Waals surface area contributed by atoms with Crippen molar-refractivity contribution in [2.75, 3.05) is 6.61 Å². The summed E-state index contributed by atoms with van der Waals surface area (Å²) in [6.45, 7) is 0.783. The fourth-order valence-corrected chi connectivity index (χ4v) is 3.85. The van der Waals surface area contributed by atoms with Gasteiger partial charge in [-0.2, -0.15) is 0 Å². The van der Waals surface area contributed by atoms with Gasteiger partial charge in [0.25, 0.3) is 0 Å². The molecule has 2 fully saturated rings. The fraction of sp³-hybridized carbons (Fsp3) is 0.600. The van der Waals surface area contributed by atoms with Crippen LogP contribution in [0.5, 0.6) is 0 Å². The van der Waals surface area contributed by atoms with Gasteiger partial charge in [-0.25, -0.2) is 4.39 Å². The van der Waals surface area contributed by atoms with Gasteiger partial charge in [-0.1, -0.05) is 12.1 Å². The van der Waals surface area contributed by atoms with Crippen molar-refractivity contribution < 1.29 is 9.13 Å². The van der Waals surface area contributed by atoms with E-state index in [1.807, 2.05) is 6.07 Å². The van der Waals surface area contributed by atoms with Gasteiger partial charge in [-0.15, -0.1) is 0 Å². The van der Waals surface area contributed by atoms with Gasteiger partial charge in [-0.05, 0) is 65.6 Å². The van der Waals surface area contributed by atoms with Crippen LogP contribution in [0.25, 0.3) is 0 Å². The van der Waals surface area contributed by atoms with Gasteiger partial charge in [0, 0.05) is 12.6 Å². The molecule has 1 aromatic carbocycles. The molecule has 4 heteroatoms. The van der Waals surface area contributed by atoms with E-state index < -0.39 is 0 Å². The van der Waals surface area contributed by atoms with Crippen molar-refractivity contribution in [1.29, 1.82) is 0 Å². The number of ether oxygens (including phenoxy) is 1. The van der Waals surface area contributed by atoms with Crippen molar-refractivity contribution in [2.24, 2.45) is 11.7 Å². The molecule has 1 saturated carbocycles. The van der Waals surface area contributed by atoms with Gasteiger partial charge in [0.1, 0.15) is 5.82 Å². The lowest BCUT2D eigenvalue weighted by Gasteiger charge is -2.48. The molecule has 0 bridgehead atoms. The normalized spacial score (nSPS) is 27.0. The number of benzene rings is 1. The molecule has 2 aliphatic rings. The predicted octanol–water partition coefficient (Wildman–Crippen LogP) is 3.94. The van der Waals surface area contributed by atoms with Crippen molar-refractivity contribution >= 4 is 15.9 Å². The third-order valence-electron chi connectivity index (χ3n) is 4.64. The Kier molecular flexibility index (Phi) is 3.67. The highest BCUT2D eigenvalue weighted by molar-refractivity contribution is 9.10. The molecule has 0 radical (unpaired) electrons. The minimum atomic E-state index is -0.238. The third-order valence-corrected chi connectivity index (χ3v) is 5.48. The molecule has 0 aromatic heterocycles. The highest BCUT2D eigenvalue weighted by Gasteiger charge is 2.44. The lowest BCUT2D eigenvalue weighted by molar-refractivity contribution is -0.146. The second-order valence-electron chi connectivity index (χ2n) is 5.81. The van der Waals surface area contributed by atoms with Gasteiger partial charge >= 0.3 is 0 Å². The van der Waals surface area contributed by atoms with Crippen LogP contribution >= 0.6 is 15.9 Å². The van der Waals surface area contributed by atoms with E-state index in [1.54, 1.807) is 6.07 Å². The first-order valence-electron chi connectivity index (χ1n) is 6.95. The Labute approximate surface area is 121 Å². The number of hydrogen-bond donors (Lipinski definition) is 1. The summed E-state index contributed by atoms with van der Waals surface area (Å²) in [7, 11) is 0. The predicted molar refractivity (Wildman–Crippen MR) is 76.3 cm³/mol. The first-order chi connectivity index (χ1) is 9.11. The van der Waals surface area contributed by atoms with Gasteiger partial charge in [-0.3, -0.25) is 0 Å². The van der Waals surface area contributed by atoms with Crippen LogP contribution in [0.4, 0.5) is 4.39 Å². The summed E-state index contributed by atoms with van der Waals surface area (Å²) >= 11 is 3.32. The Balaban J connectivity index is 1.79. The molecule has 0 amide bonds. The van der Waals surface area contributed by atoms with E-state index in [4.69, 9.17) is 10.5 Å². The maximum atomic E-state index is 13.6. The molecule has 1 aliphatic heterocycles. The minimum absolute atomic E-state index is 0.0837. The first-order valence-corrected chi connectivity index (χ1v) is 7.74. The van der Waals surface area contributed by atoms with E-state index in [1.165, 1.54) is 12.5 Å². The Morgan fingerprint density at radius 3 is 2.89 bits per heavy atom. The number of nitrogens with two attached hydrogens (primary N) is 1. The maximum absolute atomic E-state index is 13.6. The molecule has 19 heavy (non-hydrogen) atoms. The SMILES string of the molecule is NC(c1cccc(F)c1Br)C1CCOC2(CCC2)C1.